The zero-order valence-electron chi connectivity index (χ0n) is 13.4. The summed E-state index contributed by atoms with van der Waals surface area (Å²) in [6.45, 7) is 4.87. The topological polar surface area (TPSA) is 49.4 Å². The van der Waals surface area contributed by atoms with Gasteiger partial charge in [-0.05, 0) is 53.4 Å². The Morgan fingerprint density at radius 1 is 1.36 bits per heavy atom. The van der Waals surface area contributed by atoms with Gasteiger partial charge in [-0.15, -0.1) is 0 Å². The molecule has 2 unspecified atom stereocenters. The number of carbonyl (C=O) groups is 2. The van der Waals surface area contributed by atoms with Crippen molar-refractivity contribution < 1.29 is 9.59 Å². The fraction of sp³-hybridized carbons (Fsp3) is 0.529. The number of halogens is 1. The van der Waals surface area contributed by atoms with Gasteiger partial charge in [0.15, 0.2) is 0 Å². The van der Waals surface area contributed by atoms with Gasteiger partial charge in [0.1, 0.15) is 0 Å². The highest BCUT2D eigenvalue weighted by atomic mass is 79.9. The summed E-state index contributed by atoms with van der Waals surface area (Å²) in [6, 6.07) is 5.79. The van der Waals surface area contributed by atoms with E-state index in [-0.39, 0.29) is 23.7 Å². The predicted molar refractivity (Wildman–Crippen MR) is 91.7 cm³/mol. The molecule has 0 saturated heterocycles. The zero-order valence-corrected chi connectivity index (χ0v) is 14.9. The molecule has 0 radical (unpaired) electrons. The van der Waals surface area contributed by atoms with Crippen LogP contribution in [0.15, 0.2) is 22.7 Å². The van der Waals surface area contributed by atoms with Gasteiger partial charge >= 0.3 is 0 Å². The smallest absolute Gasteiger partial charge is 0.228 e. The lowest BCUT2D eigenvalue weighted by Crippen LogP contribution is -2.30. The maximum absolute atomic E-state index is 12.3. The highest BCUT2D eigenvalue weighted by Gasteiger charge is 2.49. The lowest BCUT2D eigenvalue weighted by molar-refractivity contribution is -0.132. The van der Waals surface area contributed by atoms with E-state index in [0.29, 0.717) is 6.42 Å². The van der Waals surface area contributed by atoms with Gasteiger partial charge in [-0.3, -0.25) is 9.59 Å². The minimum atomic E-state index is -0.190. The van der Waals surface area contributed by atoms with E-state index in [0.717, 1.165) is 35.1 Å². The van der Waals surface area contributed by atoms with Gasteiger partial charge in [-0.1, -0.05) is 19.4 Å². The number of amides is 2. The van der Waals surface area contributed by atoms with Crippen molar-refractivity contribution in [3.63, 3.8) is 0 Å². The first-order valence-electron chi connectivity index (χ1n) is 7.76. The summed E-state index contributed by atoms with van der Waals surface area (Å²) in [5.41, 5.74) is 1.88. The van der Waals surface area contributed by atoms with Crippen LogP contribution in [-0.2, 0) is 9.59 Å². The second-order valence-electron chi connectivity index (χ2n) is 6.03. The molecule has 1 aromatic rings. The van der Waals surface area contributed by atoms with Gasteiger partial charge in [0.25, 0.3) is 0 Å². The number of nitrogens with zero attached hydrogens (tertiary/aromatic N) is 1. The summed E-state index contributed by atoms with van der Waals surface area (Å²) < 4.78 is 0.865. The Morgan fingerprint density at radius 3 is 2.73 bits per heavy atom. The number of hydrogen-bond donors (Lipinski definition) is 1. The molecule has 0 heterocycles. The molecule has 1 aromatic carbocycles. The lowest BCUT2D eigenvalue weighted by atomic mass is 10.2. The second-order valence-corrected chi connectivity index (χ2v) is 6.89. The van der Waals surface area contributed by atoms with Crippen LogP contribution in [-0.4, -0.2) is 30.3 Å². The van der Waals surface area contributed by atoms with E-state index in [2.05, 4.69) is 28.2 Å². The highest BCUT2D eigenvalue weighted by Crippen LogP contribution is 2.41. The summed E-state index contributed by atoms with van der Waals surface area (Å²) in [7, 11) is 1.82. The molecule has 120 valence electrons. The van der Waals surface area contributed by atoms with Crippen molar-refractivity contribution in [2.45, 2.75) is 33.1 Å². The third-order valence-electron chi connectivity index (χ3n) is 4.05. The van der Waals surface area contributed by atoms with E-state index in [4.69, 9.17) is 0 Å². The standard InChI is InChI=1S/C17H23BrN2O2/c1-4-5-8-20(3)17(22)13-10-12(13)16(21)19-15-7-6-11(2)9-14(15)18/h6-7,9,12-13H,4-5,8,10H2,1-3H3,(H,19,21). The molecule has 1 aliphatic carbocycles. The van der Waals surface area contributed by atoms with Crippen molar-refractivity contribution in [2.24, 2.45) is 11.8 Å². The first kappa shape index (κ1) is 17.0. The number of hydrogen-bond acceptors (Lipinski definition) is 2. The average Bonchev–Trinajstić information content (AvgIpc) is 3.27. The predicted octanol–water partition coefficient (Wildman–Crippen LogP) is 3.59. The number of carbonyl (C=O) groups excluding carboxylic acids is 2. The van der Waals surface area contributed by atoms with Crippen molar-refractivity contribution in [1.29, 1.82) is 0 Å². The number of aryl methyl sites for hydroxylation is 1. The van der Waals surface area contributed by atoms with Gasteiger partial charge in [-0.2, -0.15) is 0 Å². The Kier molecular flexibility index (Phi) is 5.62. The highest BCUT2D eigenvalue weighted by molar-refractivity contribution is 9.10. The average molecular weight is 367 g/mol. The monoisotopic (exact) mass is 366 g/mol. The summed E-state index contributed by atoms with van der Waals surface area (Å²) in [4.78, 5) is 26.2. The van der Waals surface area contributed by atoms with Crippen molar-refractivity contribution in [3.05, 3.63) is 28.2 Å². The third kappa shape index (κ3) is 4.09. The molecular weight excluding hydrogens is 344 g/mol. The Bertz CT molecular complexity index is 574. The van der Waals surface area contributed by atoms with Crippen molar-refractivity contribution in [1.82, 2.24) is 4.90 Å². The van der Waals surface area contributed by atoms with Crippen LogP contribution in [0.5, 0.6) is 0 Å². The van der Waals surface area contributed by atoms with Gasteiger partial charge in [-0.25, -0.2) is 0 Å². The molecule has 0 aliphatic heterocycles. The van der Waals surface area contributed by atoms with E-state index in [9.17, 15) is 9.59 Å². The van der Waals surface area contributed by atoms with E-state index in [1.807, 2.05) is 32.2 Å². The maximum atomic E-state index is 12.3. The quantitative estimate of drug-likeness (QED) is 0.835. The number of benzene rings is 1. The van der Waals surface area contributed by atoms with Gasteiger partial charge in [0, 0.05) is 18.1 Å². The van der Waals surface area contributed by atoms with E-state index in [1.54, 1.807) is 4.90 Å². The molecular formula is C17H23BrN2O2. The first-order valence-corrected chi connectivity index (χ1v) is 8.55. The lowest BCUT2D eigenvalue weighted by Gasteiger charge is -2.16. The molecule has 22 heavy (non-hydrogen) atoms. The molecule has 0 spiro atoms. The SMILES string of the molecule is CCCCN(C)C(=O)C1CC1C(=O)Nc1ccc(C)cc1Br. The molecule has 1 fully saturated rings. The van der Waals surface area contributed by atoms with Gasteiger partial charge < -0.3 is 10.2 Å². The van der Waals surface area contributed by atoms with Crippen LogP contribution in [0, 0.1) is 18.8 Å². The van der Waals surface area contributed by atoms with Crippen molar-refractivity contribution in [2.75, 3.05) is 18.9 Å². The summed E-state index contributed by atoms with van der Waals surface area (Å²) in [5.74, 6) is -0.306. The van der Waals surface area contributed by atoms with Crippen LogP contribution in [0.2, 0.25) is 0 Å². The van der Waals surface area contributed by atoms with E-state index >= 15 is 0 Å². The molecule has 5 heteroatoms. The van der Waals surface area contributed by atoms with Crippen molar-refractivity contribution >= 4 is 33.4 Å². The van der Waals surface area contributed by atoms with Gasteiger partial charge in [0.2, 0.25) is 11.8 Å². The minimum Gasteiger partial charge on any atom is -0.346 e. The number of nitrogens with one attached hydrogen (secondary N) is 1. The van der Waals surface area contributed by atoms with E-state index in [1.165, 1.54) is 0 Å². The Balaban J connectivity index is 1.89. The molecule has 2 atom stereocenters. The van der Waals surface area contributed by atoms with Crippen molar-refractivity contribution in [3.8, 4) is 0 Å². The minimum absolute atomic E-state index is 0.0632. The Labute approximate surface area is 140 Å². The number of unbranched alkanes of at least 4 members (excludes halogenated alkanes) is 1. The van der Waals surface area contributed by atoms with Crippen LogP contribution < -0.4 is 5.32 Å². The molecule has 4 nitrogen and oxygen atoms in total. The molecule has 0 bridgehead atoms. The van der Waals surface area contributed by atoms with Crippen LogP contribution in [0.1, 0.15) is 31.7 Å². The second kappa shape index (κ2) is 7.27. The van der Waals surface area contributed by atoms with Crippen LogP contribution in [0.4, 0.5) is 5.69 Å². The molecule has 1 aliphatic rings. The fourth-order valence-corrected chi connectivity index (χ4v) is 3.09. The molecule has 0 aromatic heterocycles. The Morgan fingerprint density at radius 2 is 2.09 bits per heavy atom. The molecule has 1 N–H and O–H groups in total. The normalized spacial score (nSPS) is 19.6. The summed E-state index contributed by atoms with van der Waals surface area (Å²) >= 11 is 3.45. The molecule has 1 saturated carbocycles. The fourth-order valence-electron chi connectivity index (χ4n) is 2.49. The Hall–Kier alpha value is -1.36. The summed E-state index contributed by atoms with van der Waals surface area (Å²) in [6.07, 6.45) is 2.72. The van der Waals surface area contributed by atoms with Crippen LogP contribution >= 0.6 is 15.9 Å². The molecule has 2 amide bonds. The largest absolute Gasteiger partial charge is 0.346 e. The number of anilines is 1. The van der Waals surface area contributed by atoms with Crippen LogP contribution in [0.25, 0.3) is 0 Å². The van der Waals surface area contributed by atoms with E-state index < -0.39 is 0 Å². The van der Waals surface area contributed by atoms with Gasteiger partial charge in [0.05, 0.1) is 17.5 Å². The maximum Gasteiger partial charge on any atom is 0.228 e. The van der Waals surface area contributed by atoms with Crippen LogP contribution in [0.3, 0.4) is 0 Å². The zero-order chi connectivity index (χ0) is 16.3. The number of rotatable bonds is 6. The molecule has 2 rings (SSSR count). The first-order chi connectivity index (χ1) is 10.4. The third-order valence-corrected chi connectivity index (χ3v) is 4.71. The summed E-state index contributed by atoms with van der Waals surface area (Å²) in [5, 5.41) is 2.91.